The van der Waals surface area contributed by atoms with Gasteiger partial charge < -0.3 is 10.2 Å². The molecule has 0 amide bonds. The number of phenols is 2. The fraction of sp³-hybridized carbons (Fsp3) is 0. The first-order valence-electron chi connectivity index (χ1n) is 11.6. The molecule has 4 aromatic rings. The Balaban J connectivity index is 1.32. The second-order valence-electron chi connectivity index (χ2n) is 7.90. The number of nitrogens with zero attached hydrogens (tertiary/aromatic N) is 4. The van der Waals surface area contributed by atoms with Crippen LogP contribution in [0, 0.1) is 0 Å². The average Bonchev–Trinajstić information content (AvgIpc) is 2.95. The first-order valence-corrected chi connectivity index (χ1v) is 13.1. The Hall–Kier alpha value is -5.29. The molecule has 0 unspecified atom stereocenters. The number of hydrazone groups is 2. The van der Waals surface area contributed by atoms with Crippen molar-refractivity contribution in [2.75, 3.05) is 0 Å². The van der Waals surface area contributed by atoms with Crippen molar-refractivity contribution in [3.63, 3.8) is 0 Å². The number of benzene rings is 4. The van der Waals surface area contributed by atoms with Gasteiger partial charge >= 0.3 is 0 Å². The number of nitrogens with one attached hydrogen (secondary N) is 2. The largest absolute Gasteiger partial charge is 0.507 e. The summed E-state index contributed by atoms with van der Waals surface area (Å²) in [5, 5.41) is 27.3. The molecular formula is C28H24N6O4S. The number of aromatic hydroxyl groups is 2. The van der Waals surface area contributed by atoms with Crippen molar-refractivity contribution >= 4 is 46.3 Å². The molecule has 4 N–H and O–H groups in total. The average molecular weight is 541 g/mol. The summed E-state index contributed by atoms with van der Waals surface area (Å²) in [5.74, 6) is 0.228. The Labute approximate surface area is 225 Å². The molecule has 0 aliphatic rings. The van der Waals surface area contributed by atoms with Gasteiger partial charge in [0.05, 0.1) is 33.6 Å². The minimum atomic E-state index is -3.73. The van der Waals surface area contributed by atoms with Gasteiger partial charge in [-0.15, -0.1) is 0 Å². The Morgan fingerprint density at radius 3 is 1.33 bits per heavy atom. The van der Waals surface area contributed by atoms with Crippen molar-refractivity contribution in [2.45, 2.75) is 9.79 Å². The van der Waals surface area contributed by atoms with E-state index in [0.717, 1.165) is 0 Å². The van der Waals surface area contributed by atoms with E-state index in [0.29, 0.717) is 22.5 Å². The van der Waals surface area contributed by atoms with Crippen molar-refractivity contribution in [1.29, 1.82) is 0 Å². The van der Waals surface area contributed by atoms with Crippen molar-refractivity contribution in [3.8, 4) is 11.5 Å². The maximum absolute atomic E-state index is 13.0. The maximum atomic E-state index is 13.0. The van der Waals surface area contributed by atoms with E-state index >= 15 is 0 Å². The van der Waals surface area contributed by atoms with Crippen LogP contribution < -0.4 is 10.9 Å². The molecule has 0 aliphatic heterocycles. The SMILES string of the molecule is O=S(=O)(c1ccc(N=CN/N=C/c2ccccc2O)cc1)c1ccc(N=CN/N=C/c2ccccc2O)cc1. The lowest BCUT2D eigenvalue weighted by Gasteiger charge is -2.05. The highest BCUT2D eigenvalue weighted by Crippen LogP contribution is 2.25. The highest BCUT2D eigenvalue weighted by Gasteiger charge is 2.17. The van der Waals surface area contributed by atoms with Crippen LogP contribution >= 0.6 is 0 Å². The van der Waals surface area contributed by atoms with E-state index in [-0.39, 0.29) is 21.3 Å². The predicted molar refractivity (Wildman–Crippen MR) is 152 cm³/mol. The van der Waals surface area contributed by atoms with E-state index in [4.69, 9.17) is 0 Å². The third kappa shape index (κ3) is 7.37. The smallest absolute Gasteiger partial charge is 0.206 e. The number of rotatable bonds is 10. The Kier molecular flexibility index (Phi) is 8.78. The fourth-order valence-electron chi connectivity index (χ4n) is 3.24. The molecule has 4 rings (SSSR count). The quantitative estimate of drug-likeness (QED) is 0.132. The summed E-state index contributed by atoms with van der Waals surface area (Å²) in [6, 6.07) is 25.8. The molecule has 0 bridgehead atoms. The number of phenolic OH excluding ortho intramolecular Hbond substituents is 2. The number of para-hydroxylation sites is 2. The van der Waals surface area contributed by atoms with Gasteiger partial charge in [0.25, 0.3) is 0 Å². The fourth-order valence-corrected chi connectivity index (χ4v) is 4.50. The highest BCUT2D eigenvalue weighted by molar-refractivity contribution is 7.91. The molecule has 39 heavy (non-hydrogen) atoms. The zero-order valence-electron chi connectivity index (χ0n) is 20.5. The summed E-state index contributed by atoms with van der Waals surface area (Å²) >= 11 is 0. The molecule has 11 heteroatoms. The zero-order chi connectivity index (χ0) is 27.5. The lowest BCUT2D eigenvalue weighted by molar-refractivity contribution is 0.474. The van der Waals surface area contributed by atoms with Gasteiger partial charge in [0.2, 0.25) is 9.84 Å². The minimum absolute atomic E-state index is 0.114. The van der Waals surface area contributed by atoms with E-state index < -0.39 is 9.84 Å². The first-order chi connectivity index (χ1) is 18.9. The van der Waals surface area contributed by atoms with Crippen LogP contribution in [0.3, 0.4) is 0 Å². The summed E-state index contributed by atoms with van der Waals surface area (Å²) < 4.78 is 26.0. The number of sulfone groups is 1. The molecule has 0 saturated carbocycles. The van der Waals surface area contributed by atoms with Crippen molar-refractivity contribution in [1.82, 2.24) is 10.9 Å². The van der Waals surface area contributed by atoms with Crippen LogP contribution in [0.4, 0.5) is 11.4 Å². The Bertz CT molecular complexity index is 1510. The second-order valence-corrected chi connectivity index (χ2v) is 9.85. The van der Waals surface area contributed by atoms with Crippen molar-refractivity contribution in [2.24, 2.45) is 20.2 Å². The van der Waals surface area contributed by atoms with Gasteiger partial charge in [-0.3, -0.25) is 10.9 Å². The van der Waals surface area contributed by atoms with Gasteiger partial charge in [0, 0.05) is 11.1 Å². The number of hydrogen-bond acceptors (Lipinski definition) is 8. The molecule has 10 nitrogen and oxygen atoms in total. The van der Waals surface area contributed by atoms with Crippen LogP contribution in [0.15, 0.2) is 127 Å². The molecular weight excluding hydrogens is 516 g/mol. The third-order valence-electron chi connectivity index (χ3n) is 5.27. The highest BCUT2D eigenvalue weighted by atomic mass is 32.2. The molecule has 0 radical (unpaired) electrons. The lowest BCUT2D eigenvalue weighted by atomic mass is 10.2. The van der Waals surface area contributed by atoms with Gasteiger partial charge in [0.1, 0.15) is 24.2 Å². The zero-order valence-corrected chi connectivity index (χ0v) is 21.3. The van der Waals surface area contributed by atoms with Crippen LogP contribution in [0.1, 0.15) is 11.1 Å². The summed E-state index contributed by atoms with van der Waals surface area (Å²) in [7, 11) is -3.73. The second kappa shape index (κ2) is 12.8. The molecule has 4 aromatic carbocycles. The molecule has 0 heterocycles. The predicted octanol–water partition coefficient (Wildman–Crippen LogP) is 4.50. The van der Waals surface area contributed by atoms with E-state index in [1.165, 1.54) is 49.4 Å². The summed E-state index contributed by atoms with van der Waals surface area (Å²) in [6.45, 7) is 0. The minimum Gasteiger partial charge on any atom is -0.507 e. The summed E-state index contributed by atoms with van der Waals surface area (Å²) in [5.41, 5.74) is 7.43. The van der Waals surface area contributed by atoms with Gasteiger partial charge in [-0.2, -0.15) is 10.2 Å². The summed E-state index contributed by atoms with van der Waals surface area (Å²) in [6.07, 6.45) is 5.61. The molecule has 0 aromatic heterocycles. The Morgan fingerprint density at radius 1 is 0.564 bits per heavy atom. The van der Waals surface area contributed by atoms with E-state index in [2.05, 4.69) is 31.0 Å². The monoisotopic (exact) mass is 540 g/mol. The number of aliphatic imine (C=N–C) groups is 2. The van der Waals surface area contributed by atoms with E-state index in [1.807, 2.05) is 0 Å². The van der Waals surface area contributed by atoms with Crippen LogP contribution in [0.5, 0.6) is 11.5 Å². The Morgan fingerprint density at radius 2 is 0.949 bits per heavy atom. The molecule has 0 fully saturated rings. The lowest BCUT2D eigenvalue weighted by Crippen LogP contribution is -2.02. The van der Waals surface area contributed by atoms with Crippen LogP contribution in [-0.2, 0) is 9.84 Å². The van der Waals surface area contributed by atoms with E-state index in [1.54, 1.807) is 72.8 Å². The van der Waals surface area contributed by atoms with Crippen LogP contribution in [0.2, 0.25) is 0 Å². The van der Waals surface area contributed by atoms with Gasteiger partial charge in [-0.05, 0) is 72.8 Å². The first kappa shape index (κ1) is 26.8. The molecule has 0 aliphatic carbocycles. The standard InChI is InChI=1S/C28H24N6O4S/c35-27-7-3-1-5-21(27)17-31-33-19-29-23-9-13-25(14-10-23)39(37,38)26-15-11-24(12-16-26)30-20-34-32-18-22-6-2-4-8-28(22)36/h1-20,35-36H,(H,29,33)(H,30,34)/b31-17+,32-18+. The molecule has 0 spiro atoms. The van der Waals surface area contributed by atoms with E-state index in [9.17, 15) is 18.6 Å². The normalized spacial score (nSPS) is 12.1. The van der Waals surface area contributed by atoms with Crippen LogP contribution in [-0.4, -0.2) is 43.7 Å². The molecule has 196 valence electrons. The third-order valence-corrected chi connectivity index (χ3v) is 7.05. The topological polar surface area (TPSA) is 148 Å². The van der Waals surface area contributed by atoms with Crippen molar-refractivity contribution in [3.05, 3.63) is 108 Å². The van der Waals surface area contributed by atoms with Gasteiger partial charge in [0.15, 0.2) is 0 Å². The van der Waals surface area contributed by atoms with Crippen LogP contribution in [0.25, 0.3) is 0 Å². The molecule has 0 saturated heterocycles. The van der Waals surface area contributed by atoms with Gasteiger partial charge in [-0.1, -0.05) is 24.3 Å². The summed E-state index contributed by atoms with van der Waals surface area (Å²) in [4.78, 5) is 8.61. The maximum Gasteiger partial charge on any atom is 0.206 e. The molecule has 0 atom stereocenters. The van der Waals surface area contributed by atoms with Crippen molar-refractivity contribution < 1.29 is 18.6 Å². The van der Waals surface area contributed by atoms with Gasteiger partial charge in [-0.25, -0.2) is 18.4 Å². The number of hydrogen-bond donors (Lipinski definition) is 4.